The van der Waals surface area contributed by atoms with Crippen LogP contribution in [0.4, 0.5) is 5.82 Å². The van der Waals surface area contributed by atoms with Crippen molar-refractivity contribution in [2.45, 2.75) is 26.8 Å². The van der Waals surface area contributed by atoms with Gasteiger partial charge in [-0.25, -0.2) is 9.29 Å². The Bertz CT molecular complexity index is 888. The lowest BCUT2D eigenvalue weighted by Gasteiger charge is -2.26. The highest BCUT2D eigenvalue weighted by Crippen LogP contribution is 2.52. The predicted molar refractivity (Wildman–Crippen MR) is 93.7 cm³/mol. The fourth-order valence-electron chi connectivity index (χ4n) is 2.11. The summed E-state index contributed by atoms with van der Waals surface area (Å²) in [5.41, 5.74) is 9.41. The molecule has 16 heteroatoms. The summed E-state index contributed by atoms with van der Waals surface area (Å²) < 4.78 is 31.6. The molecule has 0 saturated carbocycles. The lowest BCUT2D eigenvalue weighted by molar-refractivity contribution is -0.690. The lowest BCUT2D eigenvalue weighted by Crippen LogP contribution is -2.36. The van der Waals surface area contributed by atoms with E-state index in [0.29, 0.717) is 18.2 Å². The second-order valence-corrected chi connectivity index (χ2v) is 9.02. The zero-order valence-corrected chi connectivity index (χ0v) is 17.6. The summed E-state index contributed by atoms with van der Waals surface area (Å²) in [4.78, 5) is 38.1. The van der Waals surface area contributed by atoms with Gasteiger partial charge >= 0.3 is 0 Å². The van der Waals surface area contributed by atoms with Crippen LogP contribution < -0.4 is 25.1 Å². The number of nitrogens with two attached hydrogens (primary N) is 1. The second kappa shape index (κ2) is 10.5. The summed E-state index contributed by atoms with van der Waals surface area (Å²) in [6, 6.07) is 0. The predicted octanol–water partition coefficient (Wildman–Crippen LogP) is -2.65. The molecule has 2 unspecified atom stereocenters. The van der Waals surface area contributed by atoms with Gasteiger partial charge in [-0.1, -0.05) is 11.3 Å². The number of phosphoric ester groups is 1. The molecule has 0 radical (unpaired) electrons. The molecule has 0 aliphatic rings. The summed E-state index contributed by atoms with van der Waals surface area (Å²) in [7, 11) is -10.6. The SMILES string of the molecule is Cc1nc(N)c(C[n+]2csc(CCOP(=O)([O-])OP(=O)([O-])O)c2C)c[nH+]1.O.O. The maximum absolute atomic E-state index is 11.3. The fourth-order valence-corrected chi connectivity index (χ4v) is 4.60. The third kappa shape index (κ3) is 7.97. The monoisotopic (exact) mass is 460 g/mol. The molecule has 0 amide bonds. The number of H-pyrrole nitrogens is 1. The van der Waals surface area contributed by atoms with E-state index < -0.39 is 15.6 Å². The lowest BCUT2D eigenvalue weighted by atomic mass is 10.2. The highest BCUT2D eigenvalue weighted by Gasteiger charge is 2.21. The van der Waals surface area contributed by atoms with Crippen LogP contribution in [0.25, 0.3) is 0 Å². The summed E-state index contributed by atoms with van der Waals surface area (Å²) in [6.45, 7) is 3.79. The molecule has 2 rings (SSSR count). The van der Waals surface area contributed by atoms with Crippen LogP contribution in [0, 0.1) is 13.8 Å². The van der Waals surface area contributed by atoms with Crippen molar-refractivity contribution in [1.29, 1.82) is 0 Å². The Morgan fingerprint density at radius 1 is 1.36 bits per heavy atom. The van der Waals surface area contributed by atoms with E-state index in [2.05, 4.69) is 18.8 Å². The molecular formula is C12H22N4O9P2S. The third-order valence-corrected chi connectivity index (χ3v) is 6.62. The number of hydrogen-bond donors (Lipinski definition) is 2. The van der Waals surface area contributed by atoms with Gasteiger partial charge in [-0.05, 0) is 4.98 Å². The van der Waals surface area contributed by atoms with Gasteiger partial charge < -0.3 is 35.9 Å². The summed E-state index contributed by atoms with van der Waals surface area (Å²) >= 11 is 1.38. The van der Waals surface area contributed by atoms with Gasteiger partial charge in [0.25, 0.3) is 27.3 Å². The van der Waals surface area contributed by atoms with Gasteiger partial charge in [0.05, 0.1) is 11.5 Å². The quantitative estimate of drug-likeness (QED) is 0.308. The van der Waals surface area contributed by atoms with Crippen LogP contribution in [-0.2, 0) is 30.9 Å². The van der Waals surface area contributed by atoms with Gasteiger partial charge in [0.15, 0.2) is 12.2 Å². The summed E-state index contributed by atoms with van der Waals surface area (Å²) in [5.74, 6) is 1.12. The minimum absolute atomic E-state index is 0. The van der Waals surface area contributed by atoms with Crippen molar-refractivity contribution in [3.8, 4) is 0 Å². The van der Waals surface area contributed by atoms with Crippen molar-refractivity contribution < 1.29 is 53.1 Å². The van der Waals surface area contributed by atoms with Crippen molar-refractivity contribution in [3.63, 3.8) is 0 Å². The molecule has 160 valence electrons. The van der Waals surface area contributed by atoms with E-state index in [-0.39, 0.29) is 24.0 Å². The maximum Gasteiger partial charge on any atom is 0.295 e. The maximum atomic E-state index is 11.3. The minimum Gasteiger partial charge on any atom is -0.756 e. The molecule has 0 aliphatic carbocycles. The van der Waals surface area contributed by atoms with Crippen molar-refractivity contribution >= 4 is 32.8 Å². The molecule has 0 aliphatic heterocycles. The number of aryl methyl sites for hydroxylation is 1. The van der Waals surface area contributed by atoms with Crippen LogP contribution in [0.5, 0.6) is 0 Å². The number of phosphoric acid groups is 2. The van der Waals surface area contributed by atoms with Gasteiger partial charge in [-0.2, -0.15) is 4.57 Å². The van der Waals surface area contributed by atoms with E-state index in [0.717, 1.165) is 16.1 Å². The molecule has 2 atom stereocenters. The zero-order chi connectivity index (χ0) is 19.5. The van der Waals surface area contributed by atoms with Crippen LogP contribution >= 0.6 is 27.0 Å². The smallest absolute Gasteiger partial charge is 0.295 e. The van der Waals surface area contributed by atoms with Crippen LogP contribution in [0.2, 0.25) is 0 Å². The van der Waals surface area contributed by atoms with Crippen molar-refractivity contribution in [3.05, 3.63) is 33.7 Å². The van der Waals surface area contributed by atoms with E-state index in [1.54, 1.807) is 13.1 Å². The van der Waals surface area contributed by atoms with E-state index in [1.807, 2.05) is 17.0 Å². The Labute approximate surface area is 164 Å². The van der Waals surface area contributed by atoms with Gasteiger partial charge in [0, 0.05) is 20.3 Å². The molecule has 2 heterocycles. The first-order valence-electron chi connectivity index (χ1n) is 7.27. The molecule has 2 aromatic rings. The summed E-state index contributed by atoms with van der Waals surface area (Å²) in [6.07, 6.45) is 1.98. The number of hydrogen-bond acceptors (Lipinski definition) is 9. The van der Waals surface area contributed by atoms with E-state index >= 15 is 0 Å². The highest BCUT2D eigenvalue weighted by atomic mass is 32.1. The number of aromatic amines is 1. The largest absolute Gasteiger partial charge is 0.756 e. The fraction of sp³-hybridized carbons (Fsp3) is 0.417. The van der Waals surface area contributed by atoms with Gasteiger partial charge in [0.2, 0.25) is 5.51 Å². The summed E-state index contributed by atoms with van der Waals surface area (Å²) in [5, 5.41) is 0. The second-order valence-electron chi connectivity index (χ2n) is 5.34. The van der Waals surface area contributed by atoms with Gasteiger partial charge in [-0.3, -0.25) is 9.13 Å². The van der Waals surface area contributed by atoms with Crippen molar-refractivity contribution in [2.24, 2.45) is 0 Å². The average molecular weight is 460 g/mol. The Morgan fingerprint density at radius 2 is 2.00 bits per heavy atom. The Kier molecular flexibility index (Phi) is 9.97. The first kappa shape index (κ1) is 26.7. The molecule has 28 heavy (non-hydrogen) atoms. The van der Waals surface area contributed by atoms with Crippen LogP contribution in [0.1, 0.15) is 22.0 Å². The minimum atomic E-state index is -5.42. The van der Waals surface area contributed by atoms with Crippen LogP contribution in [0.3, 0.4) is 0 Å². The van der Waals surface area contributed by atoms with E-state index in [1.165, 1.54) is 11.3 Å². The molecule has 0 saturated heterocycles. The first-order chi connectivity index (χ1) is 12.0. The number of nitrogens with one attached hydrogen (secondary N) is 1. The Hall–Kier alpha value is -1.31. The Morgan fingerprint density at radius 3 is 2.57 bits per heavy atom. The number of thiazole rings is 1. The molecule has 0 fully saturated rings. The normalized spacial score (nSPS) is 15.0. The molecule has 0 spiro atoms. The molecule has 2 aromatic heterocycles. The standard InChI is InChI=1S/C12H18N4O7P2S.2H2O/c1-8-11(3-4-22-25(20,21)23-24(17,18)19)26-7-16(8)6-10-5-14-9(2)15-12(10)13;;/h5,7H,3-4,6H2,1-2H3,(H4-,13,14,15,17,18,19,20,21);2*1H2. The zero-order valence-electron chi connectivity index (χ0n) is 14.9. The molecular weight excluding hydrogens is 438 g/mol. The molecule has 13 nitrogen and oxygen atoms in total. The van der Waals surface area contributed by atoms with Gasteiger partial charge in [-0.15, -0.1) is 0 Å². The van der Waals surface area contributed by atoms with E-state index in [9.17, 15) is 18.9 Å². The number of nitrogen functional groups attached to an aromatic ring is 1. The van der Waals surface area contributed by atoms with E-state index in [4.69, 9.17) is 10.6 Å². The average Bonchev–Trinajstić information content (AvgIpc) is 2.80. The Balaban J connectivity index is 0.00000364. The topological polar surface area (TPSA) is 239 Å². The number of aromatic nitrogens is 3. The molecule has 0 bridgehead atoms. The molecule has 8 N–H and O–H groups in total. The highest BCUT2D eigenvalue weighted by molar-refractivity contribution is 7.59. The first-order valence-corrected chi connectivity index (χ1v) is 11.1. The van der Waals surface area contributed by atoms with Crippen molar-refractivity contribution in [2.75, 3.05) is 12.3 Å². The van der Waals surface area contributed by atoms with Crippen molar-refractivity contribution in [1.82, 2.24) is 4.98 Å². The molecule has 0 aromatic carbocycles. The number of nitrogens with zero attached hydrogens (tertiary/aromatic N) is 2. The van der Waals surface area contributed by atoms with Crippen LogP contribution in [0.15, 0.2) is 11.7 Å². The third-order valence-electron chi connectivity index (χ3n) is 3.35. The number of anilines is 1. The number of rotatable bonds is 8. The van der Waals surface area contributed by atoms with Gasteiger partial charge in [0.1, 0.15) is 11.8 Å². The van der Waals surface area contributed by atoms with Crippen LogP contribution in [-0.4, -0.2) is 27.4 Å².